The van der Waals surface area contributed by atoms with Gasteiger partial charge in [0.1, 0.15) is 5.69 Å². The van der Waals surface area contributed by atoms with Crippen molar-refractivity contribution in [1.82, 2.24) is 15.2 Å². The number of methoxy groups -OCH3 is 1. The van der Waals surface area contributed by atoms with Crippen LogP contribution in [-0.2, 0) is 11.3 Å². The average molecular weight is 267 g/mol. The van der Waals surface area contributed by atoms with Gasteiger partial charge in [0.25, 0.3) is 0 Å². The molecule has 1 aromatic rings. The number of aromatic nitrogens is 1. The van der Waals surface area contributed by atoms with Gasteiger partial charge in [-0.05, 0) is 11.6 Å². The number of carbonyl (C=O) groups excluding carboxylic acids is 1. The van der Waals surface area contributed by atoms with E-state index in [-0.39, 0.29) is 11.7 Å². The summed E-state index contributed by atoms with van der Waals surface area (Å²) in [6, 6.07) is 2.80. The van der Waals surface area contributed by atoms with Crippen molar-refractivity contribution in [2.24, 2.45) is 0 Å². The highest BCUT2D eigenvalue weighted by molar-refractivity contribution is 5.85. The van der Waals surface area contributed by atoms with Gasteiger partial charge < -0.3 is 20.1 Å². The number of carboxylic acid groups (broad SMARTS) is 1. The predicted octanol–water partition coefficient (Wildman–Crippen LogP) is 0.568. The maximum Gasteiger partial charge on any atom is 0.354 e. The largest absolute Gasteiger partial charge is 0.477 e. The number of nitrogens with one attached hydrogen (secondary N) is 1. The number of hydrogen-bond acceptors (Lipinski definition) is 4. The standard InChI is InChI=1S/C12H17N3O4/c1-15(5-6-19-2)12(18)14-8-9-3-4-10(11(16)17)13-7-9/h3-4,7H,5-6,8H2,1-2H3,(H,14,18)(H,16,17). The second kappa shape index (κ2) is 7.32. The van der Waals surface area contributed by atoms with Crippen LogP contribution in [0.25, 0.3) is 0 Å². The van der Waals surface area contributed by atoms with E-state index in [9.17, 15) is 9.59 Å². The van der Waals surface area contributed by atoms with Gasteiger partial charge >= 0.3 is 12.0 Å². The third-order valence-corrected chi connectivity index (χ3v) is 2.47. The van der Waals surface area contributed by atoms with Crippen LogP contribution in [0.15, 0.2) is 18.3 Å². The van der Waals surface area contributed by atoms with Gasteiger partial charge in [-0.25, -0.2) is 14.6 Å². The van der Waals surface area contributed by atoms with Gasteiger partial charge in [-0.3, -0.25) is 0 Å². The summed E-state index contributed by atoms with van der Waals surface area (Å²) in [5.41, 5.74) is 0.714. The molecule has 7 nitrogen and oxygen atoms in total. The van der Waals surface area contributed by atoms with Gasteiger partial charge in [0, 0.05) is 33.4 Å². The first kappa shape index (κ1) is 14.9. The van der Waals surface area contributed by atoms with Crippen molar-refractivity contribution >= 4 is 12.0 Å². The van der Waals surface area contributed by atoms with Crippen molar-refractivity contribution in [2.75, 3.05) is 27.3 Å². The lowest BCUT2D eigenvalue weighted by atomic mass is 10.2. The molecule has 19 heavy (non-hydrogen) atoms. The molecule has 1 aromatic heterocycles. The van der Waals surface area contributed by atoms with Gasteiger partial charge in [-0.1, -0.05) is 6.07 Å². The van der Waals surface area contributed by atoms with E-state index in [2.05, 4.69) is 10.3 Å². The Labute approximate surface area is 111 Å². The van der Waals surface area contributed by atoms with E-state index in [4.69, 9.17) is 9.84 Å². The van der Waals surface area contributed by atoms with Crippen LogP contribution < -0.4 is 5.32 Å². The Morgan fingerprint density at radius 3 is 2.74 bits per heavy atom. The van der Waals surface area contributed by atoms with E-state index in [1.165, 1.54) is 17.2 Å². The van der Waals surface area contributed by atoms with Crippen LogP contribution in [0.2, 0.25) is 0 Å². The maximum atomic E-state index is 11.6. The number of urea groups is 1. The number of amides is 2. The molecule has 0 aliphatic rings. The summed E-state index contributed by atoms with van der Waals surface area (Å²) in [6.45, 7) is 1.26. The van der Waals surface area contributed by atoms with Crippen molar-refractivity contribution < 1.29 is 19.4 Å². The molecular weight excluding hydrogens is 250 g/mol. The number of likely N-dealkylation sites (N-methyl/N-ethyl adjacent to an activating group) is 1. The molecule has 2 N–H and O–H groups in total. The van der Waals surface area contributed by atoms with Gasteiger partial charge in [-0.2, -0.15) is 0 Å². The number of carboxylic acids is 1. The zero-order valence-electron chi connectivity index (χ0n) is 10.9. The highest BCUT2D eigenvalue weighted by Crippen LogP contribution is 2.00. The summed E-state index contributed by atoms with van der Waals surface area (Å²) in [4.78, 5) is 27.5. The molecule has 0 radical (unpaired) electrons. The minimum atomic E-state index is -1.07. The Bertz CT molecular complexity index is 433. The first-order valence-corrected chi connectivity index (χ1v) is 5.70. The van der Waals surface area contributed by atoms with E-state index >= 15 is 0 Å². The highest BCUT2D eigenvalue weighted by atomic mass is 16.5. The van der Waals surface area contributed by atoms with E-state index in [1.807, 2.05) is 0 Å². The summed E-state index contributed by atoms with van der Waals surface area (Å²) < 4.78 is 4.87. The molecule has 1 heterocycles. The van der Waals surface area contributed by atoms with Gasteiger partial charge in [0.2, 0.25) is 0 Å². The molecule has 0 unspecified atom stereocenters. The summed E-state index contributed by atoms with van der Waals surface area (Å²) >= 11 is 0. The number of hydrogen-bond donors (Lipinski definition) is 2. The monoisotopic (exact) mass is 267 g/mol. The van der Waals surface area contributed by atoms with Crippen LogP contribution in [0.5, 0.6) is 0 Å². The lowest BCUT2D eigenvalue weighted by Crippen LogP contribution is -2.38. The van der Waals surface area contributed by atoms with Crippen molar-refractivity contribution in [3.05, 3.63) is 29.6 Å². The molecule has 2 amide bonds. The van der Waals surface area contributed by atoms with Crippen LogP contribution >= 0.6 is 0 Å². The number of ether oxygens (including phenoxy) is 1. The van der Waals surface area contributed by atoms with Crippen LogP contribution in [-0.4, -0.2) is 54.3 Å². The topological polar surface area (TPSA) is 91.8 Å². The normalized spacial score (nSPS) is 10.0. The summed E-state index contributed by atoms with van der Waals surface area (Å²) in [7, 11) is 3.24. The zero-order valence-corrected chi connectivity index (χ0v) is 10.9. The Morgan fingerprint density at radius 2 is 2.21 bits per heavy atom. The number of carbonyl (C=O) groups is 2. The lowest BCUT2D eigenvalue weighted by Gasteiger charge is -2.17. The van der Waals surface area contributed by atoms with Crippen molar-refractivity contribution in [1.29, 1.82) is 0 Å². The van der Waals surface area contributed by atoms with Crippen molar-refractivity contribution in [2.45, 2.75) is 6.54 Å². The SMILES string of the molecule is COCCN(C)C(=O)NCc1ccc(C(=O)O)nc1. The molecule has 0 aromatic carbocycles. The Balaban J connectivity index is 2.43. The molecule has 0 atom stereocenters. The number of rotatable bonds is 6. The molecule has 0 aliphatic carbocycles. The van der Waals surface area contributed by atoms with Crippen molar-refractivity contribution in [3.63, 3.8) is 0 Å². The predicted molar refractivity (Wildman–Crippen MR) is 67.9 cm³/mol. The molecule has 0 fully saturated rings. The minimum Gasteiger partial charge on any atom is -0.477 e. The number of aromatic carboxylic acids is 1. The highest BCUT2D eigenvalue weighted by Gasteiger charge is 2.08. The van der Waals surface area contributed by atoms with Crippen molar-refractivity contribution in [3.8, 4) is 0 Å². The Hall–Kier alpha value is -2.15. The van der Waals surface area contributed by atoms with E-state index in [0.29, 0.717) is 19.7 Å². The van der Waals surface area contributed by atoms with Crippen LogP contribution in [0, 0.1) is 0 Å². The third kappa shape index (κ3) is 4.92. The van der Waals surface area contributed by atoms with E-state index < -0.39 is 5.97 Å². The molecular formula is C12H17N3O4. The third-order valence-electron chi connectivity index (χ3n) is 2.47. The van der Waals surface area contributed by atoms with E-state index in [1.54, 1.807) is 20.2 Å². The molecule has 0 spiro atoms. The molecule has 0 saturated heterocycles. The average Bonchev–Trinajstić information content (AvgIpc) is 2.42. The number of pyridine rings is 1. The Morgan fingerprint density at radius 1 is 1.47 bits per heavy atom. The molecule has 104 valence electrons. The number of nitrogens with zero attached hydrogens (tertiary/aromatic N) is 2. The van der Waals surface area contributed by atoms with E-state index in [0.717, 1.165) is 5.56 Å². The van der Waals surface area contributed by atoms with Gasteiger partial charge in [-0.15, -0.1) is 0 Å². The first-order valence-electron chi connectivity index (χ1n) is 5.70. The molecule has 7 heteroatoms. The fourth-order valence-electron chi connectivity index (χ4n) is 1.30. The first-order chi connectivity index (χ1) is 9.04. The second-order valence-electron chi connectivity index (χ2n) is 3.93. The quantitative estimate of drug-likeness (QED) is 0.786. The molecule has 1 rings (SSSR count). The fraction of sp³-hybridized carbons (Fsp3) is 0.417. The lowest BCUT2D eigenvalue weighted by molar-refractivity contribution is 0.0690. The zero-order chi connectivity index (χ0) is 14.3. The fourth-order valence-corrected chi connectivity index (χ4v) is 1.30. The molecule has 0 aliphatic heterocycles. The van der Waals surface area contributed by atoms with Gasteiger partial charge in [0.05, 0.1) is 6.61 Å². The summed E-state index contributed by atoms with van der Waals surface area (Å²) in [5.74, 6) is -1.07. The minimum absolute atomic E-state index is 0.0210. The maximum absolute atomic E-state index is 11.6. The van der Waals surface area contributed by atoms with Crippen LogP contribution in [0.4, 0.5) is 4.79 Å². The second-order valence-corrected chi connectivity index (χ2v) is 3.93. The smallest absolute Gasteiger partial charge is 0.354 e. The molecule has 0 bridgehead atoms. The molecule has 0 saturated carbocycles. The van der Waals surface area contributed by atoms with Crippen LogP contribution in [0.1, 0.15) is 16.1 Å². The van der Waals surface area contributed by atoms with Gasteiger partial charge in [0.15, 0.2) is 0 Å². The summed E-state index contributed by atoms with van der Waals surface area (Å²) in [6.07, 6.45) is 1.43. The van der Waals surface area contributed by atoms with Crippen LogP contribution in [0.3, 0.4) is 0 Å². The Kier molecular flexibility index (Phi) is 5.74. The summed E-state index contributed by atoms with van der Waals surface area (Å²) in [5, 5.41) is 11.4.